The topological polar surface area (TPSA) is 104 Å². The number of carbonyl (C=O) groups excluding carboxylic acids is 1. The minimum absolute atomic E-state index is 0.169. The Labute approximate surface area is 165 Å². The molecule has 7 nitrogen and oxygen atoms in total. The quantitative estimate of drug-likeness (QED) is 0.670. The van der Waals surface area contributed by atoms with Gasteiger partial charge in [-0.05, 0) is 60.7 Å². The van der Waals surface area contributed by atoms with Gasteiger partial charge in [-0.2, -0.15) is 9.65 Å². The van der Waals surface area contributed by atoms with Gasteiger partial charge in [-0.1, -0.05) is 0 Å². The number of nitrogens with one attached hydrogen (secondary N) is 2. The molecule has 0 spiro atoms. The van der Waals surface area contributed by atoms with Gasteiger partial charge in [-0.3, -0.25) is 4.79 Å². The first-order valence-corrected chi connectivity index (χ1v) is 9.25. The fourth-order valence-corrected chi connectivity index (χ4v) is 3.94. The van der Waals surface area contributed by atoms with Crippen molar-refractivity contribution in [2.24, 2.45) is 0 Å². The van der Waals surface area contributed by atoms with Crippen LogP contribution in [0.15, 0.2) is 36.5 Å². The summed E-state index contributed by atoms with van der Waals surface area (Å²) < 4.78 is 13.1. The highest BCUT2D eigenvalue weighted by atomic mass is 19.1. The van der Waals surface area contributed by atoms with E-state index in [-0.39, 0.29) is 5.91 Å². The summed E-state index contributed by atoms with van der Waals surface area (Å²) in [6.07, 6.45) is 3.92. The smallest absolute Gasteiger partial charge is 0.238 e. The summed E-state index contributed by atoms with van der Waals surface area (Å²) in [4.78, 5) is 25.7. The van der Waals surface area contributed by atoms with Crippen molar-refractivity contribution >= 4 is 23.2 Å². The lowest BCUT2D eigenvalue weighted by atomic mass is 9.92. The monoisotopic (exact) mass is 386 g/mol. The largest absolute Gasteiger partial charge is 0.325 e. The first-order chi connectivity index (χ1) is 14.1. The second-order valence-corrected chi connectivity index (χ2v) is 7.04. The van der Waals surface area contributed by atoms with Crippen LogP contribution in [-0.2, 0) is 17.6 Å². The molecule has 1 atom stereocenters. The predicted octanol–water partition coefficient (Wildman–Crippen LogP) is 3.20. The van der Waals surface area contributed by atoms with Gasteiger partial charge in [0.05, 0.1) is 29.2 Å². The van der Waals surface area contributed by atoms with Crippen LogP contribution in [0.3, 0.4) is 0 Å². The first kappa shape index (κ1) is 17.3. The number of amides is 1. The molecule has 142 valence electrons. The first-order valence-electron chi connectivity index (χ1n) is 9.25. The number of aryl methyl sites for hydroxylation is 1. The number of benzene rings is 1. The van der Waals surface area contributed by atoms with Crippen molar-refractivity contribution in [2.45, 2.75) is 25.2 Å². The lowest BCUT2D eigenvalue weighted by molar-refractivity contribution is -0.116. The summed E-state index contributed by atoms with van der Waals surface area (Å²) in [5.74, 6) is -0.997. The number of halogens is 1. The molecule has 1 aliphatic carbocycles. The standard InChI is InChI=1S/C21H15FN6O/c22-17-7-5-12(10-24-17)25-21-27-15-3-1-2-13(15)19(28-21)18-14-8-11(9-23)4-6-16(14)26-20(18)29/h4-8,10,18H,1-3H2,(H,26,29)(H,25,27,28). The molecule has 2 N–H and O–H groups in total. The number of carbonyl (C=O) groups is 1. The van der Waals surface area contributed by atoms with Crippen LogP contribution in [-0.4, -0.2) is 20.9 Å². The molecule has 1 unspecified atom stereocenters. The van der Waals surface area contributed by atoms with Crippen LogP contribution in [0.4, 0.5) is 21.7 Å². The number of pyridine rings is 1. The minimum atomic E-state index is -0.597. The third-order valence-corrected chi connectivity index (χ3v) is 5.23. The van der Waals surface area contributed by atoms with E-state index < -0.39 is 11.9 Å². The average Bonchev–Trinajstić information content (AvgIpc) is 3.32. The molecule has 5 rings (SSSR count). The maximum absolute atomic E-state index is 13.1. The van der Waals surface area contributed by atoms with Gasteiger partial charge in [0.1, 0.15) is 5.92 Å². The number of hydrogen-bond acceptors (Lipinski definition) is 6. The van der Waals surface area contributed by atoms with Crippen molar-refractivity contribution < 1.29 is 9.18 Å². The van der Waals surface area contributed by atoms with E-state index in [0.29, 0.717) is 28.6 Å². The second kappa shape index (κ2) is 6.63. The van der Waals surface area contributed by atoms with Gasteiger partial charge in [0.25, 0.3) is 0 Å². The minimum Gasteiger partial charge on any atom is -0.325 e. The Morgan fingerprint density at radius 3 is 2.90 bits per heavy atom. The molecular weight excluding hydrogens is 371 g/mol. The van der Waals surface area contributed by atoms with Gasteiger partial charge in [0.2, 0.25) is 17.8 Å². The fourth-order valence-electron chi connectivity index (χ4n) is 3.94. The zero-order chi connectivity index (χ0) is 20.0. The zero-order valence-electron chi connectivity index (χ0n) is 15.2. The van der Waals surface area contributed by atoms with E-state index in [1.807, 2.05) is 0 Å². The summed E-state index contributed by atoms with van der Waals surface area (Å²) in [6, 6.07) is 10.1. The van der Waals surface area contributed by atoms with Crippen LogP contribution in [0.2, 0.25) is 0 Å². The van der Waals surface area contributed by atoms with E-state index in [1.54, 1.807) is 24.3 Å². The molecule has 0 radical (unpaired) electrons. The summed E-state index contributed by atoms with van der Waals surface area (Å²) >= 11 is 0. The SMILES string of the molecule is N#Cc1ccc2c(c1)C(c1nc(Nc3ccc(F)nc3)nc3c1CCC3)C(=O)N2. The Kier molecular flexibility index (Phi) is 3.95. The van der Waals surface area contributed by atoms with E-state index in [1.165, 1.54) is 12.3 Å². The highest BCUT2D eigenvalue weighted by molar-refractivity contribution is 6.05. The van der Waals surface area contributed by atoms with Crippen LogP contribution < -0.4 is 10.6 Å². The second-order valence-electron chi connectivity index (χ2n) is 7.04. The highest BCUT2D eigenvalue weighted by Gasteiger charge is 2.37. The Morgan fingerprint density at radius 1 is 1.21 bits per heavy atom. The molecule has 2 aromatic heterocycles. The highest BCUT2D eigenvalue weighted by Crippen LogP contribution is 2.40. The molecule has 0 fully saturated rings. The summed E-state index contributed by atoms with van der Waals surface area (Å²) in [6.45, 7) is 0. The van der Waals surface area contributed by atoms with Gasteiger partial charge < -0.3 is 10.6 Å². The van der Waals surface area contributed by atoms with E-state index in [9.17, 15) is 14.4 Å². The number of anilines is 3. The lowest BCUT2D eigenvalue weighted by Gasteiger charge is -2.15. The number of hydrogen-bond donors (Lipinski definition) is 2. The maximum atomic E-state index is 13.1. The van der Waals surface area contributed by atoms with Crippen molar-refractivity contribution in [1.82, 2.24) is 15.0 Å². The van der Waals surface area contributed by atoms with Crippen LogP contribution >= 0.6 is 0 Å². The number of rotatable bonds is 3. The van der Waals surface area contributed by atoms with Gasteiger partial charge >= 0.3 is 0 Å². The number of nitriles is 1. The third kappa shape index (κ3) is 2.97. The maximum Gasteiger partial charge on any atom is 0.238 e. The summed E-state index contributed by atoms with van der Waals surface area (Å²) in [7, 11) is 0. The molecule has 2 aliphatic rings. The molecule has 0 bridgehead atoms. The van der Waals surface area contributed by atoms with Crippen LogP contribution in [0.1, 0.15) is 40.4 Å². The fraction of sp³-hybridized carbons (Fsp3) is 0.190. The van der Waals surface area contributed by atoms with Gasteiger partial charge in [0, 0.05) is 11.4 Å². The average molecular weight is 386 g/mol. The summed E-state index contributed by atoms with van der Waals surface area (Å²) in [5.41, 5.74) is 5.03. The molecule has 29 heavy (non-hydrogen) atoms. The number of nitrogens with zero attached hydrogens (tertiary/aromatic N) is 4. The van der Waals surface area contributed by atoms with Gasteiger partial charge in [0.15, 0.2) is 0 Å². The molecular formula is C21H15FN6O. The summed E-state index contributed by atoms with van der Waals surface area (Å²) in [5, 5.41) is 15.2. The number of aromatic nitrogens is 3. The van der Waals surface area contributed by atoms with Crippen LogP contribution in [0, 0.1) is 17.3 Å². The van der Waals surface area contributed by atoms with Crippen molar-refractivity contribution in [1.29, 1.82) is 5.26 Å². The van der Waals surface area contributed by atoms with Crippen molar-refractivity contribution in [2.75, 3.05) is 10.6 Å². The zero-order valence-corrected chi connectivity index (χ0v) is 15.2. The lowest BCUT2D eigenvalue weighted by Crippen LogP contribution is -2.18. The van der Waals surface area contributed by atoms with E-state index in [2.05, 4.69) is 31.7 Å². The van der Waals surface area contributed by atoms with E-state index >= 15 is 0 Å². The van der Waals surface area contributed by atoms with E-state index in [4.69, 9.17) is 0 Å². The molecule has 3 heterocycles. The molecule has 0 saturated carbocycles. The normalized spacial score (nSPS) is 16.7. The van der Waals surface area contributed by atoms with Crippen LogP contribution in [0.25, 0.3) is 0 Å². The molecule has 3 aromatic rings. The van der Waals surface area contributed by atoms with Gasteiger partial charge in [-0.15, -0.1) is 0 Å². The molecule has 1 aliphatic heterocycles. The van der Waals surface area contributed by atoms with Crippen LogP contribution in [0.5, 0.6) is 0 Å². The van der Waals surface area contributed by atoms with Crippen molar-refractivity contribution in [3.05, 3.63) is 70.6 Å². The Bertz CT molecular complexity index is 1190. The Hall–Kier alpha value is -3.86. The third-order valence-electron chi connectivity index (χ3n) is 5.23. The molecule has 8 heteroatoms. The van der Waals surface area contributed by atoms with Crippen molar-refractivity contribution in [3.63, 3.8) is 0 Å². The Morgan fingerprint density at radius 2 is 2.10 bits per heavy atom. The number of fused-ring (bicyclic) bond motifs is 2. The molecule has 1 aromatic carbocycles. The van der Waals surface area contributed by atoms with Crippen molar-refractivity contribution in [3.8, 4) is 6.07 Å². The predicted molar refractivity (Wildman–Crippen MR) is 103 cm³/mol. The van der Waals surface area contributed by atoms with Gasteiger partial charge in [-0.25, -0.2) is 15.0 Å². The van der Waals surface area contributed by atoms with E-state index in [0.717, 1.165) is 36.1 Å². The Balaban J connectivity index is 1.60. The molecule has 0 saturated heterocycles. The molecule has 1 amide bonds.